The summed E-state index contributed by atoms with van der Waals surface area (Å²) >= 11 is 1.83. The Morgan fingerprint density at radius 2 is 2.00 bits per heavy atom. The van der Waals surface area contributed by atoms with Crippen molar-refractivity contribution in [3.8, 4) is 0 Å². The standard InChI is InChI=1S/C16H20N2S/c1-2-3-8-17-9-11-18(12-10-17)15-5-4-6-16-14(15)7-13-19-16/h2-7,13H,8-12H2,1H3/b3-2+. The van der Waals surface area contributed by atoms with Crippen LogP contribution in [0, 0.1) is 0 Å². The van der Waals surface area contributed by atoms with E-state index in [1.807, 2.05) is 11.3 Å². The smallest absolute Gasteiger partial charge is 0.0455 e. The molecule has 3 heteroatoms. The molecule has 1 aliphatic rings. The van der Waals surface area contributed by atoms with Crippen LogP contribution in [-0.4, -0.2) is 37.6 Å². The second kappa shape index (κ2) is 5.76. The average molecular weight is 272 g/mol. The molecule has 1 aromatic heterocycles. The molecule has 1 saturated heterocycles. The van der Waals surface area contributed by atoms with Crippen molar-refractivity contribution in [3.63, 3.8) is 0 Å². The summed E-state index contributed by atoms with van der Waals surface area (Å²) in [5, 5.41) is 3.60. The molecule has 0 bridgehead atoms. The monoisotopic (exact) mass is 272 g/mol. The fourth-order valence-electron chi connectivity index (χ4n) is 2.68. The number of hydrogen-bond acceptors (Lipinski definition) is 3. The normalized spacial score (nSPS) is 17.6. The summed E-state index contributed by atoms with van der Waals surface area (Å²) in [7, 11) is 0. The Morgan fingerprint density at radius 3 is 2.79 bits per heavy atom. The summed E-state index contributed by atoms with van der Waals surface area (Å²) in [5.74, 6) is 0. The lowest BCUT2D eigenvalue weighted by atomic mass is 10.2. The van der Waals surface area contributed by atoms with E-state index in [4.69, 9.17) is 0 Å². The number of fused-ring (bicyclic) bond motifs is 1. The van der Waals surface area contributed by atoms with Gasteiger partial charge in [-0.1, -0.05) is 18.2 Å². The molecule has 2 heterocycles. The summed E-state index contributed by atoms with van der Waals surface area (Å²) in [6.45, 7) is 7.76. The molecule has 1 aromatic carbocycles. The van der Waals surface area contributed by atoms with Gasteiger partial charge in [0.2, 0.25) is 0 Å². The zero-order chi connectivity index (χ0) is 13.1. The number of allylic oxidation sites excluding steroid dienone is 1. The number of hydrogen-bond donors (Lipinski definition) is 0. The molecule has 3 rings (SSSR count). The Balaban J connectivity index is 1.73. The second-order valence-electron chi connectivity index (χ2n) is 4.97. The molecule has 0 radical (unpaired) electrons. The minimum absolute atomic E-state index is 1.09. The molecule has 2 aromatic rings. The van der Waals surface area contributed by atoms with Crippen LogP contribution in [-0.2, 0) is 0 Å². The predicted octanol–water partition coefficient (Wildman–Crippen LogP) is 3.60. The molecule has 0 saturated carbocycles. The Labute approximate surface area is 118 Å². The molecule has 0 aliphatic carbocycles. The molecular weight excluding hydrogens is 252 g/mol. The lowest BCUT2D eigenvalue weighted by molar-refractivity contribution is 0.284. The highest BCUT2D eigenvalue weighted by molar-refractivity contribution is 7.17. The maximum Gasteiger partial charge on any atom is 0.0455 e. The van der Waals surface area contributed by atoms with Gasteiger partial charge < -0.3 is 4.90 Å². The van der Waals surface area contributed by atoms with Crippen molar-refractivity contribution < 1.29 is 0 Å². The Kier molecular flexibility index (Phi) is 3.85. The number of piperazine rings is 1. The van der Waals surface area contributed by atoms with Gasteiger partial charge in [0.15, 0.2) is 0 Å². The average Bonchev–Trinajstić information content (AvgIpc) is 2.94. The van der Waals surface area contributed by atoms with E-state index in [0.717, 1.165) is 32.7 Å². The first kappa shape index (κ1) is 12.7. The van der Waals surface area contributed by atoms with E-state index >= 15 is 0 Å². The molecule has 0 spiro atoms. The molecule has 1 aliphatic heterocycles. The van der Waals surface area contributed by atoms with E-state index in [1.54, 1.807) is 0 Å². The highest BCUT2D eigenvalue weighted by Crippen LogP contribution is 2.30. The lowest BCUT2D eigenvalue weighted by Crippen LogP contribution is -2.46. The zero-order valence-electron chi connectivity index (χ0n) is 11.4. The van der Waals surface area contributed by atoms with Crippen LogP contribution < -0.4 is 4.90 Å². The third-order valence-corrected chi connectivity index (χ3v) is 4.67. The van der Waals surface area contributed by atoms with Gasteiger partial charge in [0.05, 0.1) is 0 Å². The summed E-state index contributed by atoms with van der Waals surface area (Å²) in [4.78, 5) is 5.05. The third-order valence-electron chi connectivity index (χ3n) is 3.79. The van der Waals surface area contributed by atoms with Gasteiger partial charge in [-0.2, -0.15) is 0 Å². The van der Waals surface area contributed by atoms with Gasteiger partial charge in [-0.15, -0.1) is 11.3 Å². The first-order valence-electron chi connectivity index (χ1n) is 6.93. The molecule has 0 N–H and O–H groups in total. The Bertz CT molecular complexity index is 565. The molecule has 0 amide bonds. The van der Waals surface area contributed by atoms with Crippen LogP contribution in [0.3, 0.4) is 0 Å². The summed E-state index contributed by atoms with van der Waals surface area (Å²) in [6, 6.07) is 8.91. The fraction of sp³-hybridized carbons (Fsp3) is 0.375. The van der Waals surface area contributed by atoms with Crippen molar-refractivity contribution in [3.05, 3.63) is 41.8 Å². The minimum Gasteiger partial charge on any atom is -0.368 e. The van der Waals surface area contributed by atoms with Gasteiger partial charge in [-0.05, 0) is 30.5 Å². The third kappa shape index (κ3) is 2.67. The van der Waals surface area contributed by atoms with Crippen LogP contribution in [0.25, 0.3) is 10.1 Å². The largest absolute Gasteiger partial charge is 0.368 e. The van der Waals surface area contributed by atoms with Crippen LogP contribution in [0.2, 0.25) is 0 Å². The van der Waals surface area contributed by atoms with Crippen LogP contribution in [0.15, 0.2) is 41.8 Å². The molecule has 0 atom stereocenters. The molecular formula is C16H20N2S. The van der Waals surface area contributed by atoms with Crippen molar-refractivity contribution in [2.24, 2.45) is 0 Å². The van der Waals surface area contributed by atoms with E-state index in [-0.39, 0.29) is 0 Å². The van der Waals surface area contributed by atoms with Gasteiger partial charge in [-0.3, -0.25) is 4.90 Å². The van der Waals surface area contributed by atoms with Crippen molar-refractivity contribution >= 4 is 27.1 Å². The van der Waals surface area contributed by atoms with Crippen molar-refractivity contribution in [1.82, 2.24) is 4.90 Å². The van der Waals surface area contributed by atoms with E-state index in [0.29, 0.717) is 0 Å². The van der Waals surface area contributed by atoms with Crippen molar-refractivity contribution in [2.75, 3.05) is 37.6 Å². The maximum atomic E-state index is 2.53. The van der Waals surface area contributed by atoms with Gasteiger partial charge >= 0.3 is 0 Å². The Hall–Kier alpha value is -1.32. The van der Waals surface area contributed by atoms with Gasteiger partial charge in [0.1, 0.15) is 0 Å². The van der Waals surface area contributed by atoms with Crippen molar-refractivity contribution in [2.45, 2.75) is 6.92 Å². The second-order valence-corrected chi connectivity index (χ2v) is 5.91. The van der Waals surface area contributed by atoms with E-state index in [9.17, 15) is 0 Å². The summed E-state index contributed by atoms with van der Waals surface area (Å²) < 4.78 is 1.40. The molecule has 1 fully saturated rings. The highest BCUT2D eigenvalue weighted by Gasteiger charge is 2.17. The summed E-state index contributed by atoms with van der Waals surface area (Å²) in [6.07, 6.45) is 4.38. The molecule has 100 valence electrons. The SMILES string of the molecule is C/C=C/CN1CCN(c2cccc3sccc23)CC1. The minimum atomic E-state index is 1.09. The zero-order valence-corrected chi connectivity index (χ0v) is 12.2. The van der Waals surface area contributed by atoms with Crippen LogP contribution in [0.1, 0.15) is 6.92 Å². The van der Waals surface area contributed by atoms with E-state index < -0.39 is 0 Å². The molecule has 0 unspecified atom stereocenters. The lowest BCUT2D eigenvalue weighted by Gasteiger charge is -2.36. The van der Waals surface area contributed by atoms with Crippen LogP contribution in [0.5, 0.6) is 0 Å². The van der Waals surface area contributed by atoms with Gasteiger partial charge in [0.25, 0.3) is 0 Å². The Morgan fingerprint density at radius 1 is 1.16 bits per heavy atom. The first-order chi connectivity index (χ1) is 9.38. The quantitative estimate of drug-likeness (QED) is 0.788. The van der Waals surface area contributed by atoms with Gasteiger partial charge in [0, 0.05) is 48.5 Å². The van der Waals surface area contributed by atoms with Gasteiger partial charge in [-0.25, -0.2) is 0 Å². The fourth-order valence-corrected chi connectivity index (χ4v) is 3.49. The maximum absolute atomic E-state index is 2.53. The summed E-state index contributed by atoms with van der Waals surface area (Å²) in [5.41, 5.74) is 1.41. The predicted molar refractivity (Wildman–Crippen MR) is 85.3 cm³/mol. The number of anilines is 1. The van der Waals surface area contributed by atoms with E-state index in [2.05, 4.69) is 58.5 Å². The molecule has 19 heavy (non-hydrogen) atoms. The van der Waals surface area contributed by atoms with Crippen molar-refractivity contribution in [1.29, 1.82) is 0 Å². The molecule has 2 nitrogen and oxygen atoms in total. The number of benzene rings is 1. The van der Waals surface area contributed by atoms with Crippen LogP contribution >= 0.6 is 11.3 Å². The first-order valence-corrected chi connectivity index (χ1v) is 7.81. The number of nitrogens with zero attached hydrogens (tertiary/aromatic N) is 2. The number of thiophene rings is 1. The van der Waals surface area contributed by atoms with Crippen LogP contribution in [0.4, 0.5) is 5.69 Å². The topological polar surface area (TPSA) is 6.48 Å². The van der Waals surface area contributed by atoms with E-state index in [1.165, 1.54) is 15.8 Å². The highest BCUT2D eigenvalue weighted by atomic mass is 32.1. The number of rotatable bonds is 3.